The summed E-state index contributed by atoms with van der Waals surface area (Å²) in [5.74, 6) is 5.43. The van der Waals surface area contributed by atoms with Gasteiger partial charge in [-0.1, -0.05) is 0 Å². The van der Waals surface area contributed by atoms with Gasteiger partial charge in [0.2, 0.25) is 0 Å². The normalized spacial score (nSPS) is 16.0. The zero-order chi connectivity index (χ0) is 12.3. The highest BCUT2D eigenvalue weighted by Crippen LogP contribution is 2.20. The monoisotopic (exact) mass is 246 g/mol. The second kappa shape index (κ2) is 4.94. The van der Waals surface area contributed by atoms with Crippen molar-refractivity contribution < 1.29 is 8.42 Å². The van der Waals surface area contributed by atoms with Crippen molar-refractivity contribution >= 4 is 9.84 Å². The Morgan fingerprint density at radius 2 is 2.25 bits per heavy atom. The molecular formula is C9H18N4O2S. The van der Waals surface area contributed by atoms with E-state index in [1.807, 2.05) is 6.92 Å². The second-order valence-corrected chi connectivity index (χ2v) is 6.15. The Morgan fingerprint density at radius 3 is 2.69 bits per heavy atom. The third-order valence-corrected chi connectivity index (χ3v) is 4.31. The Bertz CT molecular complexity index is 440. The van der Waals surface area contributed by atoms with Gasteiger partial charge in [0.15, 0.2) is 9.84 Å². The summed E-state index contributed by atoms with van der Waals surface area (Å²) in [6.45, 7) is 4.25. The van der Waals surface area contributed by atoms with Crippen LogP contribution in [0.3, 0.4) is 0 Å². The number of hydrogen-bond donors (Lipinski definition) is 2. The van der Waals surface area contributed by atoms with Crippen LogP contribution >= 0.6 is 0 Å². The number of aromatic nitrogens is 2. The van der Waals surface area contributed by atoms with Crippen LogP contribution in [0.4, 0.5) is 0 Å². The van der Waals surface area contributed by atoms with E-state index in [1.165, 1.54) is 6.26 Å². The largest absolute Gasteiger partial charge is 0.271 e. The maximum atomic E-state index is 11.5. The number of rotatable bonds is 5. The standard InChI is InChI=1S/C9H18N4O2S/c1-4-13-8(5-6-11-13)9(12-10)7(2)16(3,14)15/h5-7,9,12H,4,10H2,1-3H3. The van der Waals surface area contributed by atoms with Gasteiger partial charge in [-0.2, -0.15) is 5.10 Å². The highest BCUT2D eigenvalue weighted by Gasteiger charge is 2.28. The van der Waals surface area contributed by atoms with Gasteiger partial charge >= 0.3 is 0 Å². The number of sulfone groups is 1. The average Bonchev–Trinajstić information content (AvgIpc) is 2.65. The van der Waals surface area contributed by atoms with Crippen molar-refractivity contribution in [3.05, 3.63) is 18.0 Å². The molecule has 0 aliphatic rings. The summed E-state index contributed by atoms with van der Waals surface area (Å²) in [4.78, 5) is 0. The van der Waals surface area contributed by atoms with Gasteiger partial charge < -0.3 is 0 Å². The third kappa shape index (κ3) is 2.60. The van der Waals surface area contributed by atoms with Crippen molar-refractivity contribution in [3.63, 3.8) is 0 Å². The summed E-state index contributed by atoms with van der Waals surface area (Å²) in [7, 11) is -3.15. The highest BCUT2D eigenvalue weighted by atomic mass is 32.2. The number of nitrogens with one attached hydrogen (secondary N) is 1. The first kappa shape index (κ1) is 13.1. The molecule has 92 valence electrons. The third-order valence-electron chi connectivity index (χ3n) is 2.69. The van der Waals surface area contributed by atoms with Crippen LogP contribution in [0.2, 0.25) is 0 Å². The Balaban J connectivity index is 3.08. The number of hydrogen-bond acceptors (Lipinski definition) is 5. The van der Waals surface area contributed by atoms with Crippen molar-refractivity contribution in [2.75, 3.05) is 6.26 Å². The molecule has 16 heavy (non-hydrogen) atoms. The molecule has 1 rings (SSSR count). The molecule has 1 aromatic rings. The minimum absolute atomic E-state index is 0.447. The molecule has 2 unspecified atom stereocenters. The van der Waals surface area contributed by atoms with Gasteiger partial charge in [0.05, 0.1) is 17.0 Å². The number of nitrogens with zero attached hydrogens (tertiary/aromatic N) is 2. The van der Waals surface area contributed by atoms with E-state index >= 15 is 0 Å². The summed E-state index contributed by atoms with van der Waals surface area (Å²) < 4.78 is 24.7. The van der Waals surface area contributed by atoms with Gasteiger partial charge in [-0.3, -0.25) is 16.0 Å². The Labute approximate surface area is 95.7 Å². The molecule has 0 bridgehead atoms. The van der Waals surface area contributed by atoms with Gasteiger partial charge in [-0.25, -0.2) is 8.42 Å². The fourth-order valence-corrected chi connectivity index (χ4v) is 2.29. The Morgan fingerprint density at radius 1 is 1.62 bits per heavy atom. The van der Waals surface area contributed by atoms with Crippen LogP contribution in [0.1, 0.15) is 25.6 Å². The van der Waals surface area contributed by atoms with E-state index in [0.717, 1.165) is 5.69 Å². The lowest BCUT2D eigenvalue weighted by Crippen LogP contribution is -2.40. The van der Waals surface area contributed by atoms with Crippen LogP contribution in [0, 0.1) is 0 Å². The van der Waals surface area contributed by atoms with E-state index in [4.69, 9.17) is 5.84 Å². The van der Waals surface area contributed by atoms with Crippen LogP contribution in [0.5, 0.6) is 0 Å². The molecule has 0 fully saturated rings. The summed E-state index contributed by atoms with van der Waals surface area (Å²) in [6.07, 6.45) is 2.84. The zero-order valence-electron chi connectivity index (χ0n) is 9.71. The molecule has 0 aliphatic heterocycles. The summed E-state index contributed by atoms with van der Waals surface area (Å²) >= 11 is 0. The fraction of sp³-hybridized carbons (Fsp3) is 0.667. The van der Waals surface area contributed by atoms with Crippen molar-refractivity contribution in [1.82, 2.24) is 15.2 Å². The van der Waals surface area contributed by atoms with E-state index in [1.54, 1.807) is 23.9 Å². The molecule has 0 amide bonds. The van der Waals surface area contributed by atoms with Crippen LogP contribution in [0.15, 0.2) is 12.3 Å². The smallest absolute Gasteiger partial charge is 0.152 e. The first-order chi connectivity index (χ1) is 7.41. The maximum Gasteiger partial charge on any atom is 0.152 e. The molecule has 0 saturated carbocycles. The highest BCUT2D eigenvalue weighted by molar-refractivity contribution is 7.91. The van der Waals surface area contributed by atoms with Gasteiger partial charge in [-0.15, -0.1) is 0 Å². The fourth-order valence-electron chi connectivity index (χ4n) is 1.58. The lowest BCUT2D eigenvalue weighted by molar-refractivity contribution is 0.472. The van der Waals surface area contributed by atoms with Crippen LogP contribution in [-0.2, 0) is 16.4 Å². The lowest BCUT2D eigenvalue weighted by Gasteiger charge is -2.22. The minimum Gasteiger partial charge on any atom is -0.271 e. The van der Waals surface area contributed by atoms with E-state index in [2.05, 4.69) is 10.5 Å². The molecular weight excluding hydrogens is 228 g/mol. The van der Waals surface area contributed by atoms with Crippen molar-refractivity contribution in [2.45, 2.75) is 31.7 Å². The predicted octanol–water partition coefficient (Wildman–Crippen LogP) is -0.159. The molecule has 0 radical (unpaired) electrons. The van der Waals surface area contributed by atoms with Crippen molar-refractivity contribution in [2.24, 2.45) is 5.84 Å². The molecule has 0 saturated heterocycles. The molecule has 2 atom stereocenters. The molecule has 0 aliphatic carbocycles. The molecule has 3 N–H and O–H groups in total. The van der Waals surface area contributed by atoms with E-state index in [0.29, 0.717) is 6.54 Å². The van der Waals surface area contributed by atoms with E-state index in [9.17, 15) is 8.42 Å². The average molecular weight is 246 g/mol. The SMILES string of the molecule is CCn1nccc1C(NN)C(C)S(C)(=O)=O. The first-order valence-corrected chi connectivity index (χ1v) is 7.04. The molecule has 1 aromatic heterocycles. The zero-order valence-corrected chi connectivity index (χ0v) is 10.5. The van der Waals surface area contributed by atoms with Gasteiger partial charge in [0.25, 0.3) is 0 Å². The van der Waals surface area contributed by atoms with Crippen LogP contribution in [-0.4, -0.2) is 29.7 Å². The quantitative estimate of drug-likeness (QED) is 0.556. The Hall–Kier alpha value is -0.920. The first-order valence-electron chi connectivity index (χ1n) is 5.08. The van der Waals surface area contributed by atoms with Crippen LogP contribution in [0.25, 0.3) is 0 Å². The minimum atomic E-state index is -3.15. The van der Waals surface area contributed by atoms with Gasteiger partial charge in [0, 0.05) is 19.0 Å². The van der Waals surface area contributed by atoms with Gasteiger partial charge in [0.1, 0.15) is 0 Å². The lowest BCUT2D eigenvalue weighted by atomic mass is 10.1. The molecule has 1 heterocycles. The van der Waals surface area contributed by atoms with E-state index < -0.39 is 21.1 Å². The van der Waals surface area contributed by atoms with Gasteiger partial charge in [-0.05, 0) is 19.9 Å². The topological polar surface area (TPSA) is 90.0 Å². The Kier molecular flexibility index (Phi) is 4.06. The van der Waals surface area contributed by atoms with Crippen LogP contribution < -0.4 is 11.3 Å². The van der Waals surface area contributed by atoms with Crippen molar-refractivity contribution in [1.29, 1.82) is 0 Å². The summed E-state index contributed by atoms with van der Waals surface area (Å²) in [5.41, 5.74) is 3.33. The maximum absolute atomic E-state index is 11.5. The molecule has 0 aromatic carbocycles. The van der Waals surface area contributed by atoms with Crippen molar-refractivity contribution in [3.8, 4) is 0 Å². The van der Waals surface area contributed by atoms with E-state index in [-0.39, 0.29) is 0 Å². The summed E-state index contributed by atoms with van der Waals surface area (Å²) in [6, 6.07) is 1.33. The number of hydrazine groups is 1. The summed E-state index contributed by atoms with van der Waals surface area (Å²) in [5, 5.41) is 3.50. The second-order valence-electron chi connectivity index (χ2n) is 3.75. The molecule has 0 spiro atoms. The molecule has 7 heteroatoms. The predicted molar refractivity (Wildman–Crippen MR) is 62.3 cm³/mol. The number of aryl methyl sites for hydroxylation is 1. The molecule has 6 nitrogen and oxygen atoms in total. The number of nitrogens with two attached hydrogens (primary N) is 1.